The number of hydrogen-bond acceptors (Lipinski definition) is 3. The van der Waals surface area contributed by atoms with Crippen molar-refractivity contribution in [2.24, 2.45) is 5.41 Å². The van der Waals surface area contributed by atoms with Crippen molar-refractivity contribution in [2.75, 3.05) is 13.2 Å². The summed E-state index contributed by atoms with van der Waals surface area (Å²) in [5.41, 5.74) is 0.122. The Kier molecular flexibility index (Phi) is 5.66. The molecule has 0 unspecified atom stereocenters. The van der Waals surface area contributed by atoms with Crippen LogP contribution in [0.2, 0.25) is 0 Å². The minimum absolute atomic E-state index is 0.122. The molecule has 1 N–H and O–H groups in total. The number of rotatable bonds is 8. The van der Waals surface area contributed by atoms with Gasteiger partial charge in [-0.2, -0.15) is 5.10 Å². The van der Waals surface area contributed by atoms with Gasteiger partial charge >= 0.3 is 0 Å². The molecule has 104 valence electrons. The van der Waals surface area contributed by atoms with Gasteiger partial charge in [0, 0.05) is 24.5 Å². The van der Waals surface area contributed by atoms with E-state index in [1.54, 1.807) is 6.20 Å². The Bertz CT molecular complexity index is 345. The van der Waals surface area contributed by atoms with Crippen molar-refractivity contribution >= 4 is 0 Å². The van der Waals surface area contributed by atoms with E-state index in [0.717, 1.165) is 25.3 Å². The van der Waals surface area contributed by atoms with E-state index in [2.05, 4.69) is 45.0 Å². The van der Waals surface area contributed by atoms with Crippen molar-refractivity contribution in [3.63, 3.8) is 0 Å². The van der Waals surface area contributed by atoms with Gasteiger partial charge in [0.1, 0.15) is 0 Å². The first kappa shape index (κ1) is 15.0. The Morgan fingerprint density at radius 2 is 2.17 bits per heavy atom. The van der Waals surface area contributed by atoms with Crippen LogP contribution in [0, 0.1) is 5.41 Å². The van der Waals surface area contributed by atoms with Crippen molar-refractivity contribution in [1.82, 2.24) is 15.1 Å². The normalized spacial score (nSPS) is 12.1. The van der Waals surface area contributed by atoms with E-state index < -0.39 is 0 Å². The van der Waals surface area contributed by atoms with Gasteiger partial charge in [-0.25, -0.2) is 0 Å². The molecule has 1 aromatic rings. The topological polar surface area (TPSA) is 39.1 Å². The second-order valence-corrected chi connectivity index (χ2v) is 5.93. The highest BCUT2D eigenvalue weighted by molar-refractivity contribution is 5.11. The lowest BCUT2D eigenvalue weighted by Crippen LogP contribution is -2.37. The molecule has 0 spiro atoms. The molecule has 4 heteroatoms. The lowest BCUT2D eigenvalue weighted by Gasteiger charge is -2.26. The molecule has 0 amide bonds. The van der Waals surface area contributed by atoms with Gasteiger partial charge in [0.05, 0.1) is 19.0 Å². The summed E-state index contributed by atoms with van der Waals surface area (Å²) in [4.78, 5) is 0. The smallest absolute Gasteiger partial charge is 0.157 e. The fraction of sp³-hybridized carbons (Fsp3) is 0.786. The van der Waals surface area contributed by atoms with Crippen LogP contribution in [0.25, 0.3) is 0 Å². The highest BCUT2D eigenvalue weighted by Gasteiger charge is 2.19. The summed E-state index contributed by atoms with van der Waals surface area (Å²) in [6.07, 6.45) is 4.85. The third-order valence-electron chi connectivity index (χ3n) is 2.68. The van der Waals surface area contributed by atoms with E-state index in [1.807, 2.05) is 10.9 Å². The number of nitrogens with one attached hydrogen (secondary N) is 1. The summed E-state index contributed by atoms with van der Waals surface area (Å²) in [6, 6.07) is 0.511. The summed E-state index contributed by atoms with van der Waals surface area (Å²) in [5.74, 6) is 0.862. The standard InChI is InChI=1S/C14H27N3O/c1-6-7-17-9-13(8-16-17)18-11-14(4,5)10-15-12(2)3/h8-9,12,15H,6-7,10-11H2,1-5H3. The number of hydrogen-bond donors (Lipinski definition) is 1. The fourth-order valence-corrected chi connectivity index (χ4v) is 1.58. The zero-order chi connectivity index (χ0) is 13.6. The Labute approximate surface area is 111 Å². The Morgan fingerprint density at radius 3 is 2.78 bits per heavy atom. The maximum Gasteiger partial charge on any atom is 0.157 e. The van der Waals surface area contributed by atoms with Crippen molar-refractivity contribution in [3.05, 3.63) is 12.4 Å². The van der Waals surface area contributed by atoms with E-state index in [0.29, 0.717) is 12.6 Å². The summed E-state index contributed by atoms with van der Waals surface area (Å²) in [7, 11) is 0. The Balaban J connectivity index is 2.38. The van der Waals surface area contributed by atoms with Gasteiger partial charge in [-0.1, -0.05) is 34.6 Å². The van der Waals surface area contributed by atoms with Gasteiger partial charge in [-0.15, -0.1) is 0 Å². The van der Waals surface area contributed by atoms with Gasteiger partial charge in [-0.05, 0) is 6.42 Å². The average molecular weight is 253 g/mol. The van der Waals surface area contributed by atoms with Crippen LogP contribution in [-0.4, -0.2) is 29.0 Å². The molecule has 0 saturated carbocycles. The molecule has 4 nitrogen and oxygen atoms in total. The lowest BCUT2D eigenvalue weighted by molar-refractivity contribution is 0.173. The molecule has 1 heterocycles. The summed E-state index contributed by atoms with van der Waals surface area (Å²) >= 11 is 0. The van der Waals surface area contributed by atoms with Crippen LogP contribution in [0.3, 0.4) is 0 Å². The predicted molar refractivity (Wildman–Crippen MR) is 74.9 cm³/mol. The molecule has 0 fully saturated rings. The molecule has 0 aliphatic heterocycles. The Morgan fingerprint density at radius 1 is 1.44 bits per heavy atom. The van der Waals surface area contributed by atoms with Crippen molar-refractivity contribution < 1.29 is 4.74 Å². The first-order valence-corrected chi connectivity index (χ1v) is 6.81. The fourth-order valence-electron chi connectivity index (χ4n) is 1.58. The van der Waals surface area contributed by atoms with E-state index in [1.165, 1.54) is 0 Å². The molecular weight excluding hydrogens is 226 g/mol. The van der Waals surface area contributed by atoms with Gasteiger partial charge in [0.25, 0.3) is 0 Å². The monoisotopic (exact) mass is 253 g/mol. The van der Waals surface area contributed by atoms with Crippen LogP contribution in [0.5, 0.6) is 5.75 Å². The lowest BCUT2D eigenvalue weighted by atomic mass is 9.94. The van der Waals surface area contributed by atoms with E-state index in [4.69, 9.17) is 4.74 Å². The van der Waals surface area contributed by atoms with Crippen LogP contribution in [0.15, 0.2) is 12.4 Å². The molecule has 0 atom stereocenters. The van der Waals surface area contributed by atoms with E-state index in [9.17, 15) is 0 Å². The van der Waals surface area contributed by atoms with E-state index in [-0.39, 0.29) is 5.41 Å². The first-order chi connectivity index (χ1) is 8.43. The largest absolute Gasteiger partial charge is 0.490 e. The molecular formula is C14H27N3O. The maximum absolute atomic E-state index is 5.81. The van der Waals surface area contributed by atoms with Crippen LogP contribution in [-0.2, 0) is 6.54 Å². The van der Waals surface area contributed by atoms with Crippen LogP contribution in [0.4, 0.5) is 0 Å². The second kappa shape index (κ2) is 6.78. The SMILES string of the molecule is CCCn1cc(OCC(C)(C)CNC(C)C)cn1. The van der Waals surface area contributed by atoms with Gasteiger partial charge in [-0.3, -0.25) is 4.68 Å². The van der Waals surface area contributed by atoms with Crippen LogP contribution in [0.1, 0.15) is 41.0 Å². The highest BCUT2D eigenvalue weighted by atomic mass is 16.5. The van der Waals surface area contributed by atoms with Gasteiger partial charge < -0.3 is 10.1 Å². The molecule has 18 heavy (non-hydrogen) atoms. The van der Waals surface area contributed by atoms with Crippen LogP contribution < -0.4 is 10.1 Å². The zero-order valence-electron chi connectivity index (χ0n) is 12.4. The molecule has 0 saturated heterocycles. The molecule has 0 aliphatic rings. The third kappa shape index (κ3) is 5.54. The molecule has 0 radical (unpaired) electrons. The summed E-state index contributed by atoms with van der Waals surface area (Å²) < 4.78 is 7.73. The second-order valence-electron chi connectivity index (χ2n) is 5.93. The zero-order valence-corrected chi connectivity index (χ0v) is 12.4. The molecule has 1 aromatic heterocycles. The van der Waals surface area contributed by atoms with Crippen molar-refractivity contribution in [3.8, 4) is 5.75 Å². The van der Waals surface area contributed by atoms with E-state index >= 15 is 0 Å². The Hall–Kier alpha value is -1.03. The molecule has 0 aromatic carbocycles. The molecule has 0 aliphatic carbocycles. The predicted octanol–water partition coefficient (Wildman–Crippen LogP) is 2.70. The minimum Gasteiger partial charge on any atom is -0.490 e. The van der Waals surface area contributed by atoms with Gasteiger partial charge in [0.2, 0.25) is 0 Å². The highest BCUT2D eigenvalue weighted by Crippen LogP contribution is 2.17. The number of aromatic nitrogens is 2. The van der Waals surface area contributed by atoms with Gasteiger partial charge in [0.15, 0.2) is 5.75 Å². The maximum atomic E-state index is 5.81. The van der Waals surface area contributed by atoms with Crippen molar-refractivity contribution in [2.45, 2.75) is 53.6 Å². The minimum atomic E-state index is 0.122. The molecule has 1 rings (SSSR count). The molecule has 0 bridgehead atoms. The van der Waals surface area contributed by atoms with Crippen LogP contribution >= 0.6 is 0 Å². The number of nitrogens with zero attached hydrogens (tertiary/aromatic N) is 2. The van der Waals surface area contributed by atoms with Crippen molar-refractivity contribution in [1.29, 1.82) is 0 Å². The first-order valence-electron chi connectivity index (χ1n) is 6.81. The summed E-state index contributed by atoms with van der Waals surface area (Å²) in [6.45, 7) is 13.5. The third-order valence-corrected chi connectivity index (χ3v) is 2.68. The average Bonchev–Trinajstić information content (AvgIpc) is 2.73. The quantitative estimate of drug-likeness (QED) is 0.774. The summed E-state index contributed by atoms with van der Waals surface area (Å²) in [5, 5.41) is 7.70. The number of ether oxygens (including phenoxy) is 1. The number of aryl methyl sites for hydroxylation is 1.